The average molecular weight is 456 g/mol. The molecule has 4 saturated carbocycles. The SMILES string of the molecule is O=C(NC[C@H](NC(=O)c1c(Cl)cccc1Cl)C(=O)O)NCC12CC3CC1CC3(O)C2. The van der Waals surface area contributed by atoms with Crippen molar-refractivity contribution >= 4 is 41.1 Å². The first-order chi connectivity index (χ1) is 14.1. The van der Waals surface area contributed by atoms with E-state index in [1.165, 1.54) is 12.1 Å². The predicted octanol–water partition coefficient (Wildman–Crippen LogP) is 2.03. The van der Waals surface area contributed by atoms with E-state index >= 15 is 0 Å². The topological polar surface area (TPSA) is 128 Å². The summed E-state index contributed by atoms with van der Waals surface area (Å²) < 4.78 is 0. The van der Waals surface area contributed by atoms with E-state index in [1.54, 1.807) is 6.07 Å². The van der Waals surface area contributed by atoms with Gasteiger partial charge in [-0.2, -0.15) is 0 Å². The summed E-state index contributed by atoms with van der Waals surface area (Å²) in [6, 6.07) is 2.65. The molecule has 5 N–H and O–H groups in total. The van der Waals surface area contributed by atoms with Crippen molar-refractivity contribution in [2.75, 3.05) is 13.1 Å². The Morgan fingerprint density at radius 3 is 2.33 bits per heavy atom. The molecule has 5 atom stereocenters. The molecular weight excluding hydrogens is 433 g/mol. The molecule has 4 bridgehead atoms. The number of hydrogen-bond donors (Lipinski definition) is 5. The molecule has 0 saturated heterocycles. The Balaban J connectivity index is 1.29. The van der Waals surface area contributed by atoms with E-state index in [-0.39, 0.29) is 27.6 Å². The van der Waals surface area contributed by atoms with E-state index in [9.17, 15) is 24.6 Å². The summed E-state index contributed by atoms with van der Waals surface area (Å²) in [5.74, 6) is -1.28. The van der Waals surface area contributed by atoms with Gasteiger partial charge >= 0.3 is 12.0 Å². The molecule has 1 aromatic rings. The van der Waals surface area contributed by atoms with E-state index in [2.05, 4.69) is 16.0 Å². The van der Waals surface area contributed by atoms with Crippen LogP contribution in [0.2, 0.25) is 10.0 Å². The Hall–Kier alpha value is -2.03. The molecule has 1 aromatic carbocycles. The van der Waals surface area contributed by atoms with Crippen molar-refractivity contribution in [2.45, 2.75) is 37.3 Å². The Kier molecular flexibility index (Phi) is 5.36. The normalized spacial score (nSPS) is 31.6. The third-order valence-electron chi connectivity index (χ3n) is 6.97. The van der Waals surface area contributed by atoms with Gasteiger partial charge < -0.3 is 26.2 Å². The highest BCUT2D eigenvalue weighted by atomic mass is 35.5. The largest absolute Gasteiger partial charge is 0.480 e. The van der Waals surface area contributed by atoms with Crippen LogP contribution in [0.5, 0.6) is 0 Å². The number of nitrogens with one attached hydrogen (secondary N) is 3. The Morgan fingerprint density at radius 1 is 1.13 bits per heavy atom. The maximum atomic E-state index is 12.4. The lowest BCUT2D eigenvalue weighted by molar-refractivity contribution is -0.139. The van der Waals surface area contributed by atoms with Crippen molar-refractivity contribution in [1.82, 2.24) is 16.0 Å². The fourth-order valence-electron chi connectivity index (χ4n) is 5.62. The van der Waals surface area contributed by atoms with E-state index in [1.807, 2.05) is 0 Å². The highest BCUT2D eigenvalue weighted by Crippen LogP contribution is 2.71. The van der Waals surface area contributed by atoms with Crippen LogP contribution in [0.4, 0.5) is 4.79 Å². The Labute approximate surface area is 183 Å². The number of carboxylic acid groups (broad SMARTS) is 1. The number of hydrogen-bond acceptors (Lipinski definition) is 4. The minimum Gasteiger partial charge on any atom is -0.480 e. The Bertz CT molecular complexity index is 892. The third kappa shape index (κ3) is 3.61. The molecule has 3 amide bonds. The summed E-state index contributed by atoms with van der Waals surface area (Å²) in [7, 11) is 0. The molecule has 0 radical (unpaired) electrons. The maximum absolute atomic E-state index is 12.4. The Morgan fingerprint density at radius 2 is 1.83 bits per heavy atom. The molecule has 0 heterocycles. The minimum absolute atomic E-state index is 0.0235. The van der Waals surface area contributed by atoms with Gasteiger partial charge in [-0.15, -0.1) is 0 Å². The summed E-state index contributed by atoms with van der Waals surface area (Å²) in [5.41, 5.74) is -0.649. The lowest BCUT2D eigenvalue weighted by Crippen LogP contribution is -2.51. The standard InChI is InChI=1S/C20H23Cl2N3O5/c21-12-2-1-3-13(22)15(12)16(26)25-14(17(27)28)7-23-18(29)24-9-19-5-11-4-10(19)6-20(11,30)8-19/h1-3,10-11,14,30H,4-9H2,(H,25,26)(H,27,28)(H2,23,24,29)/t10?,11?,14-,19?,20?/m0/s1. The van der Waals surface area contributed by atoms with Crippen LogP contribution in [0.25, 0.3) is 0 Å². The van der Waals surface area contributed by atoms with Gasteiger partial charge in [-0.25, -0.2) is 9.59 Å². The van der Waals surface area contributed by atoms with Crippen LogP contribution in [-0.2, 0) is 4.79 Å². The number of carbonyl (C=O) groups excluding carboxylic acids is 2. The number of carbonyl (C=O) groups is 3. The van der Waals surface area contributed by atoms with Crippen molar-refractivity contribution in [1.29, 1.82) is 0 Å². The lowest BCUT2D eigenvalue weighted by Gasteiger charge is -2.29. The molecule has 162 valence electrons. The zero-order chi connectivity index (χ0) is 21.7. The van der Waals surface area contributed by atoms with Crippen LogP contribution in [0, 0.1) is 17.3 Å². The van der Waals surface area contributed by atoms with Crippen LogP contribution in [0.1, 0.15) is 36.0 Å². The van der Waals surface area contributed by atoms with Crippen molar-refractivity contribution < 1.29 is 24.6 Å². The second-order valence-electron chi connectivity index (χ2n) is 8.71. The zero-order valence-electron chi connectivity index (χ0n) is 16.1. The molecule has 10 heteroatoms. The monoisotopic (exact) mass is 455 g/mol. The van der Waals surface area contributed by atoms with Crippen molar-refractivity contribution in [2.24, 2.45) is 17.3 Å². The van der Waals surface area contributed by atoms with E-state index < -0.39 is 29.6 Å². The lowest BCUT2D eigenvalue weighted by atomic mass is 9.81. The summed E-state index contributed by atoms with van der Waals surface area (Å²) in [6.07, 6.45) is 3.44. The van der Waals surface area contributed by atoms with Crippen LogP contribution >= 0.6 is 23.2 Å². The number of carboxylic acids is 1. The summed E-state index contributed by atoms with van der Waals surface area (Å²) in [6.45, 7) is 0.138. The number of amides is 3. The molecule has 4 fully saturated rings. The number of benzene rings is 1. The van der Waals surface area contributed by atoms with Gasteiger partial charge in [0.25, 0.3) is 5.91 Å². The van der Waals surface area contributed by atoms with Gasteiger partial charge in [0, 0.05) is 6.54 Å². The fraction of sp³-hybridized carbons (Fsp3) is 0.550. The number of urea groups is 1. The molecule has 30 heavy (non-hydrogen) atoms. The molecule has 4 unspecified atom stereocenters. The zero-order valence-corrected chi connectivity index (χ0v) is 17.6. The van der Waals surface area contributed by atoms with E-state index in [0.29, 0.717) is 24.8 Å². The van der Waals surface area contributed by atoms with Gasteiger partial charge in [0.1, 0.15) is 6.04 Å². The molecular formula is C20H23Cl2N3O5. The third-order valence-corrected chi connectivity index (χ3v) is 7.60. The van der Waals surface area contributed by atoms with E-state index in [0.717, 1.165) is 19.3 Å². The van der Waals surface area contributed by atoms with Crippen molar-refractivity contribution in [3.8, 4) is 0 Å². The van der Waals surface area contributed by atoms with Crippen molar-refractivity contribution in [3.05, 3.63) is 33.8 Å². The summed E-state index contributed by atoms with van der Waals surface area (Å²) in [4.78, 5) is 36.2. The highest BCUT2D eigenvalue weighted by Gasteiger charge is 2.69. The highest BCUT2D eigenvalue weighted by molar-refractivity contribution is 6.39. The predicted molar refractivity (Wildman–Crippen MR) is 110 cm³/mol. The molecule has 0 aliphatic heterocycles. The van der Waals surface area contributed by atoms with Crippen LogP contribution in [0.15, 0.2) is 18.2 Å². The smallest absolute Gasteiger partial charge is 0.328 e. The second-order valence-corrected chi connectivity index (χ2v) is 9.52. The summed E-state index contributed by atoms with van der Waals surface area (Å²) in [5, 5.41) is 27.8. The molecule has 4 aliphatic carbocycles. The number of aliphatic hydroxyl groups is 1. The number of halogens is 2. The molecule has 0 aromatic heterocycles. The van der Waals surface area contributed by atoms with Gasteiger partial charge in [0.15, 0.2) is 0 Å². The van der Waals surface area contributed by atoms with Gasteiger partial charge in [-0.3, -0.25) is 4.79 Å². The van der Waals surface area contributed by atoms with E-state index in [4.69, 9.17) is 23.2 Å². The molecule has 8 nitrogen and oxygen atoms in total. The average Bonchev–Trinajstić information content (AvgIpc) is 3.33. The van der Waals surface area contributed by atoms with Crippen molar-refractivity contribution in [3.63, 3.8) is 0 Å². The van der Waals surface area contributed by atoms with Gasteiger partial charge in [0.05, 0.1) is 27.8 Å². The van der Waals surface area contributed by atoms with Gasteiger partial charge in [-0.05, 0) is 55.1 Å². The molecule has 0 spiro atoms. The van der Waals surface area contributed by atoms with Crippen LogP contribution in [-0.4, -0.2) is 52.9 Å². The number of rotatable bonds is 7. The molecule has 5 rings (SSSR count). The molecule has 4 aliphatic rings. The first kappa shape index (κ1) is 21.2. The second kappa shape index (κ2) is 7.59. The van der Waals surface area contributed by atoms with Gasteiger partial charge in [-0.1, -0.05) is 29.3 Å². The fourth-order valence-corrected chi connectivity index (χ4v) is 6.19. The first-order valence-corrected chi connectivity index (χ1v) is 10.6. The van der Waals surface area contributed by atoms with Gasteiger partial charge in [0.2, 0.25) is 0 Å². The van der Waals surface area contributed by atoms with Crippen LogP contribution in [0.3, 0.4) is 0 Å². The minimum atomic E-state index is -1.36. The first-order valence-electron chi connectivity index (χ1n) is 9.85. The number of aliphatic carboxylic acids is 1. The maximum Gasteiger partial charge on any atom is 0.328 e. The van der Waals surface area contributed by atoms with Crippen LogP contribution < -0.4 is 16.0 Å². The quantitative estimate of drug-likeness (QED) is 0.429. The summed E-state index contributed by atoms with van der Waals surface area (Å²) >= 11 is 12.0.